The van der Waals surface area contributed by atoms with Gasteiger partial charge in [-0.1, -0.05) is 61.7 Å². The van der Waals surface area contributed by atoms with Crippen LogP contribution in [0.15, 0.2) is 51.4 Å². The van der Waals surface area contributed by atoms with Crippen molar-refractivity contribution in [1.29, 1.82) is 0 Å². The number of nitrogens with zero attached hydrogens (tertiary/aromatic N) is 1. The van der Waals surface area contributed by atoms with E-state index in [9.17, 15) is 0 Å². The van der Waals surface area contributed by atoms with E-state index in [1.807, 2.05) is 42.5 Å². The molecule has 3 rings (SSSR count). The van der Waals surface area contributed by atoms with Gasteiger partial charge >= 0.3 is 0 Å². The maximum Gasteiger partial charge on any atom is 0.153 e. The number of benzene rings is 2. The van der Waals surface area contributed by atoms with Gasteiger partial charge in [-0.25, -0.2) is 0 Å². The van der Waals surface area contributed by atoms with Crippen molar-refractivity contribution in [3.05, 3.63) is 56.4 Å². The van der Waals surface area contributed by atoms with Gasteiger partial charge in [0, 0.05) is 25.1 Å². The zero-order valence-corrected chi connectivity index (χ0v) is 14.6. The lowest BCUT2D eigenvalue weighted by atomic mass is 10.0. The van der Waals surface area contributed by atoms with Crippen molar-refractivity contribution in [2.24, 2.45) is 0 Å². The molecular formula is C15H10Br2ClN3. The number of nitrogens with one attached hydrogen (secondary N) is 1. The zero-order chi connectivity index (χ0) is 15.0. The Kier molecular flexibility index (Phi) is 4.06. The second-order valence-corrected chi connectivity index (χ2v) is 6.64. The molecule has 3 nitrogen and oxygen atoms in total. The molecule has 0 spiro atoms. The molecule has 0 amide bonds. The molecule has 0 aliphatic heterocycles. The zero-order valence-electron chi connectivity index (χ0n) is 10.7. The van der Waals surface area contributed by atoms with Crippen LogP contribution in [0.1, 0.15) is 0 Å². The van der Waals surface area contributed by atoms with E-state index < -0.39 is 0 Å². The van der Waals surface area contributed by atoms with E-state index in [0.29, 0.717) is 10.8 Å². The van der Waals surface area contributed by atoms with Gasteiger partial charge in [-0.15, -0.1) is 0 Å². The van der Waals surface area contributed by atoms with Crippen molar-refractivity contribution in [2.75, 3.05) is 5.73 Å². The normalized spacial score (nSPS) is 10.8. The van der Waals surface area contributed by atoms with Gasteiger partial charge in [-0.05, 0) is 24.3 Å². The van der Waals surface area contributed by atoms with Gasteiger partial charge in [0.05, 0.1) is 11.3 Å². The monoisotopic (exact) mass is 425 g/mol. The lowest BCUT2D eigenvalue weighted by Crippen LogP contribution is -1.90. The number of anilines is 1. The molecular weight excluding hydrogens is 417 g/mol. The molecule has 1 heterocycles. The number of aromatic amines is 1. The summed E-state index contributed by atoms with van der Waals surface area (Å²) in [4.78, 5) is 0. The van der Waals surface area contributed by atoms with Crippen LogP contribution >= 0.6 is 43.5 Å². The molecule has 0 bridgehead atoms. The Morgan fingerprint density at radius 3 is 2.57 bits per heavy atom. The van der Waals surface area contributed by atoms with Crippen LogP contribution in [0, 0.1) is 0 Å². The maximum absolute atomic E-state index is 6.30. The second-order valence-electron chi connectivity index (χ2n) is 4.46. The number of hydrogen-bond donors (Lipinski definition) is 2. The number of nitrogen functional groups attached to an aromatic ring is 1. The van der Waals surface area contributed by atoms with Crippen molar-refractivity contribution < 1.29 is 0 Å². The van der Waals surface area contributed by atoms with Crippen LogP contribution in [0.25, 0.3) is 22.4 Å². The molecule has 2 aromatic carbocycles. The number of hydrogen-bond acceptors (Lipinski definition) is 2. The Balaban J connectivity index is 2.27. The Labute approximate surface area is 143 Å². The molecule has 0 radical (unpaired) electrons. The molecule has 0 fully saturated rings. The van der Waals surface area contributed by atoms with E-state index in [4.69, 9.17) is 17.3 Å². The number of rotatable bonds is 2. The number of H-pyrrole nitrogens is 1. The summed E-state index contributed by atoms with van der Waals surface area (Å²) in [5.41, 5.74) is 9.49. The van der Waals surface area contributed by atoms with E-state index >= 15 is 0 Å². The van der Waals surface area contributed by atoms with E-state index in [1.165, 1.54) is 0 Å². The molecule has 0 saturated heterocycles. The molecule has 0 aliphatic rings. The SMILES string of the molecule is Nc1n[nH]c(-c2cc(Br)ccc2Br)c1-c1ccccc1Cl. The van der Waals surface area contributed by atoms with E-state index in [-0.39, 0.29) is 0 Å². The predicted octanol–water partition coefficient (Wildman–Crippen LogP) is 5.50. The topological polar surface area (TPSA) is 54.7 Å². The molecule has 1 aromatic heterocycles. The third-order valence-electron chi connectivity index (χ3n) is 3.14. The Bertz CT molecular complexity index is 814. The summed E-state index contributed by atoms with van der Waals surface area (Å²) in [5, 5.41) is 7.78. The molecule has 21 heavy (non-hydrogen) atoms. The van der Waals surface area contributed by atoms with Gasteiger partial charge in [0.15, 0.2) is 5.82 Å². The highest BCUT2D eigenvalue weighted by Crippen LogP contribution is 2.41. The summed E-state index contributed by atoms with van der Waals surface area (Å²) < 4.78 is 1.92. The van der Waals surface area contributed by atoms with Crippen LogP contribution in [-0.4, -0.2) is 10.2 Å². The van der Waals surface area contributed by atoms with Crippen molar-refractivity contribution in [2.45, 2.75) is 0 Å². The summed E-state index contributed by atoms with van der Waals surface area (Å²) in [6.45, 7) is 0. The van der Waals surface area contributed by atoms with Crippen molar-refractivity contribution in [3.8, 4) is 22.4 Å². The second kappa shape index (κ2) is 5.83. The highest BCUT2D eigenvalue weighted by Gasteiger charge is 2.18. The quantitative estimate of drug-likeness (QED) is 0.567. The van der Waals surface area contributed by atoms with Crippen molar-refractivity contribution in [3.63, 3.8) is 0 Å². The van der Waals surface area contributed by atoms with E-state index in [0.717, 1.165) is 31.3 Å². The first-order valence-electron chi connectivity index (χ1n) is 6.12. The highest BCUT2D eigenvalue weighted by atomic mass is 79.9. The van der Waals surface area contributed by atoms with Crippen LogP contribution in [0.5, 0.6) is 0 Å². The van der Waals surface area contributed by atoms with Gasteiger partial charge in [-0.3, -0.25) is 5.10 Å². The van der Waals surface area contributed by atoms with Crippen LogP contribution in [-0.2, 0) is 0 Å². The van der Waals surface area contributed by atoms with Crippen LogP contribution < -0.4 is 5.73 Å². The summed E-state index contributed by atoms with van der Waals surface area (Å²) in [7, 11) is 0. The third kappa shape index (κ3) is 2.73. The Hall–Kier alpha value is -1.30. The first-order chi connectivity index (χ1) is 10.1. The Morgan fingerprint density at radius 1 is 1.05 bits per heavy atom. The lowest BCUT2D eigenvalue weighted by molar-refractivity contribution is 1.10. The summed E-state index contributed by atoms with van der Waals surface area (Å²) in [5.74, 6) is 0.421. The largest absolute Gasteiger partial charge is 0.382 e. The maximum atomic E-state index is 6.30. The fourth-order valence-corrected chi connectivity index (χ4v) is 3.21. The van der Waals surface area contributed by atoms with Gasteiger partial charge in [0.1, 0.15) is 0 Å². The fourth-order valence-electron chi connectivity index (χ4n) is 2.18. The molecule has 106 valence electrons. The molecule has 0 aliphatic carbocycles. The third-order valence-corrected chi connectivity index (χ3v) is 4.65. The van der Waals surface area contributed by atoms with Gasteiger partial charge in [0.25, 0.3) is 0 Å². The molecule has 0 unspecified atom stereocenters. The lowest BCUT2D eigenvalue weighted by Gasteiger charge is -2.08. The molecule has 0 atom stereocenters. The smallest absolute Gasteiger partial charge is 0.153 e. The summed E-state index contributed by atoms with van der Waals surface area (Å²) >= 11 is 13.3. The predicted molar refractivity (Wildman–Crippen MR) is 94.3 cm³/mol. The number of aromatic nitrogens is 2. The first-order valence-corrected chi connectivity index (χ1v) is 8.08. The minimum absolute atomic E-state index is 0.421. The van der Waals surface area contributed by atoms with Crippen LogP contribution in [0.3, 0.4) is 0 Å². The minimum atomic E-state index is 0.421. The molecule has 0 saturated carbocycles. The standard InChI is InChI=1S/C15H10Br2ClN3/c16-8-5-6-11(17)10(7-8)14-13(15(19)21-20-14)9-3-1-2-4-12(9)18/h1-7H,(H3,19,20,21). The van der Waals surface area contributed by atoms with E-state index in [1.54, 1.807) is 0 Å². The molecule has 3 N–H and O–H groups in total. The van der Waals surface area contributed by atoms with Gasteiger partial charge in [0.2, 0.25) is 0 Å². The van der Waals surface area contributed by atoms with Gasteiger partial charge < -0.3 is 5.73 Å². The fraction of sp³-hybridized carbons (Fsp3) is 0. The average molecular weight is 428 g/mol. The first kappa shape index (κ1) is 14.6. The van der Waals surface area contributed by atoms with E-state index in [2.05, 4.69) is 42.1 Å². The molecule has 6 heteroatoms. The van der Waals surface area contributed by atoms with Crippen molar-refractivity contribution in [1.82, 2.24) is 10.2 Å². The van der Waals surface area contributed by atoms with Crippen LogP contribution in [0.4, 0.5) is 5.82 Å². The minimum Gasteiger partial charge on any atom is -0.382 e. The van der Waals surface area contributed by atoms with Gasteiger partial charge in [-0.2, -0.15) is 5.10 Å². The summed E-state index contributed by atoms with van der Waals surface area (Å²) in [6, 6.07) is 13.5. The molecule has 3 aromatic rings. The van der Waals surface area contributed by atoms with Crippen LogP contribution in [0.2, 0.25) is 5.02 Å². The van der Waals surface area contributed by atoms with Crippen molar-refractivity contribution >= 4 is 49.3 Å². The Morgan fingerprint density at radius 2 is 1.81 bits per heavy atom. The highest BCUT2D eigenvalue weighted by molar-refractivity contribution is 9.11. The number of nitrogens with two attached hydrogens (primary N) is 1. The average Bonchev–Trinajstić information content (AvgIpc) is 2.84. The summed E-state index contributed by atoms with van der Waals surface area (Å²) in [6.07, 6.45) is 0. The number of halogens is 3.